The molecule has 0 spiro atoms. The fourth-order valence-corrected chi connectivity index (χ4v) is 3.06. The molecule has 0 aliphatic carbocycles. The number of benzene rings is 1. The number of amides is 1. The summed E-state index contributed by atoms with van der Waals surface area (Å²) in [5.41, 5.74) is 1.42. The Morgan fingerprint density at radius 3 is 2.37 bits per heavy atom. The van der Waals surface area contributed by atoms with E-state index in [9.17, 15) is 9.18 Å². The van der Waals surface area contributed by atoms with E-state index in [0.29, 0.717) is 24.0 Å². The van der Waals surface area contributed by atoms with Crippen molar-refractivity contribution in [2.75, 3.05) is 42.5 Å². The predicted molar refractivity (Wildman–Crippen MR) is 105 cm³/mol. The van der Waals surface area contributed by atoms with Gasteiger partial charge < -0.3 is 15.1 Å². The third-order valence-electron chi connectivity index (χ3n) is 4.52. The molecule has 1 aromatic carbocycles. The Morgan fingerprint density at radius 1 is 1.11 bits per heavy atom. The van der Waals surface area contributed by atoms with Crippen molar-refractivity contribution in [2.45, 2.75) is 20.8 Å². The molecule has 27 heavy (non-hydrogen) atoms. The van der Waals surface area contributed by atoms with Gasteiger partial charge >= 0.3 is 0 Å². The zero-order valence-corrected chi connectivity index (χ0v) is 16.1. The maximum Gasteiger partial charge on any atom is 0.270 e. The van der Waals surface area contributed by atoms with Gasteiger partial charge in [-0.1, -0.05) is 13.8 Å². The van der Waals surface area contributed by atoms with Gasteiger partial charge in [-0.3, -0.25) is 4.79 Å². The van der Waals surface area contributed by atoms with Gasteiger partial charge in [-0.25, -0.2) is 14.4 Å². The van der Waals surface area contributed by atoms with E-state index in [0.717, 1.165) is 37.7 Å². The van der Waals surface area contributed by atoms with Crippen LogP contribution in [0.15, 0.2) is 30.3 Å². The van der Waals surface area contributed by atoms with Crippen molar-refractivity contribution in [3.05, 3.63) is 47.7 Å². The molecule has 2 aromatic rings. The zero-order chi connectivity index (χ0) is 19.4. The second-order valence-electron chi connectivity index (χ2n) is 7.21. The molecule has 7 heteroatoms. The SMILES string of the molecule is Cc1nc(C(=O)NCC(C)C)cc(N2CCN(c3ccc(F)cc3)CC2)n1. The number of carbonyl (C=O) groups excluding carboxylic acids is 1. The number of nitrogens with zero attached hydrogens (tertiary/aromatic N) is 4. The van der Waals surface area contributed by atoms with Crippen molar-refractivity contribution in [2.24, 2.45) is 5.92 Å². The second kappa shape index (κ2) is 8.33. The third-order valence-corrected chi connectivity index (χ3v) is 4.52. The lowest BCUT2D eigenvalue weighted by atomic mass is 10.2. The summed E-state index contributed by atoms with van der Waals surface area (Å²) in [7, 11) is 0. The van der Waals surface area contributed by atoms with Gasteiger partial charge in [-0.15, -0.1) is 0 Å². The van der Waals surface area contributed by atoms with Gasteiger partial charge in [0.2, 0.25) is 0 Å². The molecule has 144 valence electrons. The molecule has 0 bridgehead atoms. The number of halogens is 1. The lowest BCUT2D eigenvalue weighted by Crippen LogP contribution is -2.47. The zero-order valence-electron chi connectivity index (χ0n) is 16.1. The number of nitrogens with one attached hydrogen (secondary N) is 1. The summed E-state index contributed by atoms with van der Waals surface area (Å²) in [4.78, 5) is 25.5. The highest BCUT2D eigenvalue weighted by molar-refractivity contribution is 5.93. The molecule has 2 heterocycles. The molecule has 1 amide bonds. The van der Waals surface area contributed by atoms with Gasteiger partial charge in [0.05, 0.1) is 0 Å². The first kappa shape index (κ1) is 19.1. The molecular formula is C20H26FN5O. The fourth-order valence-electron chi connectivity index (χ4n) is 3.06. The molecule has 0 saturated carbocycles. The van der Waals surface area contributed by atoms with E-state index in [2.05, 4.69) is 38.9 Å². The highest BCUT2D eigenvalue weighted by Crippen LogP contribution is 2.20. The smallest absolute Gasteiger partial charge is 0.270 e. The van der Waals surface area contributed by atoms with Crippen LogP contribution in [0.3, 0.4) is 0 Å². The van der Waals surface area contributed by atoms with Gasteiger partial charge in [0.1, 0.15) is 23.2 Å². The molecule has 1 aliphatic rings. The lowest BCUT2D eigenvalue weighted by molar-refractivity contribution is 0.0943. The van der Waals surface area contributed by atoms with Crippen LogP contribution in [-0.2, 0) is 0 Å². The molecule has 3 rings (SSSR count). The van der Waals surface area contributed by atoms with Crippen molar-refractivity contribution in [3.8, 4) is 0 Å². The monoisotopic (exact) mass is 371 g/mol. The van der Waals surface area contributed by atoms with Gasteiger partial charge in [0, 0.05) is 44.5 Å². The first-order chi connectivity index (χ1) is 12.9. The fraction of sp³-hybridized carbons (Fsp3) is 0.450. The maximum absolute atomic E-state index is 13.1. The Labute approximate surface area is 159 Å². The summed E-state index contributed by atoms with van der Waals surface area (Å²) < 4.78 is 13.1. The minimum atomic E-state index is -0.225. The molecular weight excluding hydrogens is 345 g/mol. The van der Waals surface area contributed by atoms with Crippen LogP contribution >= 0.6 is 0 Å². The molecule has 1 N–H and O–H groups in total. The Kier molecular flexibility index (Phi) is 5.88. The number of rotatable bonds is 5. The highest BCUT2D eigenvalue weighted by Gasteiger charge is 2.20. The highest BCUT2D eigenvalue weighted by atomic mass is 19.1. The number of anilines is 2. The number of aryl methyl sites for hydroxylation is 1. The van der Waals surface area contributed by atoms with Crippen molar-refractivity contribution in [1.29, 1.82) is 0 Å². The van der Waals surface area contributed by atoms with E-state index in [-0.39, 0.29) is 11.7 Å². The van der Waals surface area contributed by atoms with Gasteiger partial charge in [-0.2, -0.15) is 0 Å². The number of piperazine rings is 1. The van der Waals surface area contributed by atoms with Crippen LogP contribution in [0.4, 0.5) is 15.9 Å². The van der Waals surface area contributed by atoms with Crippen LogP contribution < -0.4 is 15.1 Å². The number of carbonyl (C=O) groups is 1. The molecule has 6 nitrogen and oxygen atoms in total. The standard InChI is InChI=1S/C20H26FN5O/c1-14(2)13-22-20(27)18-12-19(24-15(3)23-18)26-10-8-25(9-11-26)17-6-4-16(21)5-7-17/h4-7,12,14H,8-11,13H2,1-3H3,(H,22,27). The number of hydrogen-bond donors (Lipinski definition) is 1. The van der Waals surface area contributed by atoms with E-state index in [4.69, 9.17) is 0 Å². The average molecular weight is 371 g/mol. The average Bonchev–Trinajstić information content (AvgIpc) is 2.66. The van der Waals surface area contributed by atoms with Crippen molar-refractivity contribution < 1.29 is 9.18 Å². The molecule has 1 aliphatic heterocycles. The van der Waals surface area contributed by atoms with Crippen molar-refractivity contribution >= 4 is 17.4 Å². The van der Waals surface area contributed by atoms with Crippen LogP contribution in [0.1, 0.15) is 30.2 Å². The van der Waals surface area contributed by atoms with E-state index in [1.807, 2.05) is 0 Å². The van der Waals surface area contributed by atoms with Gasteiger partial charge in [-0.05, 0) is 37.1 Å². The van der Waals surface area contributed by atoms with E-state index in [1.165, 1.54) is 12.1 Å². The molecule has 1 aromatic heterocycles. The largest absolute Gasteiger partial charge is 0.368 e. The molecule has 0 atom stereocenters. The molecule has 1 fully saturated rings. The Balaban J connectivity index is 1.67. The minimum Gasteiger partial charge on any atom is -0.368 e. The predicted octanol–water partition coefficient (Wildman–Crippen LogP) is 2.64. The Morgan fingerprint density at radius 2 is 1.74 bits per heavy atom. The summed E-state index contributed by atoms with van der Waals surface area (Å²) in [5, 5.41) is 2.90. The Hall–Kier alpha value is -2.70. The molecule has 0 unspecified atom stereocenters. The normalized spacial score (nSPS) is 14.6. The van der Waals surface area contributed by atoms with E-state index in [1.54, 1.807) is 25.1 Å². The lowest BCUT2D eigenvalue weighted by Gasteiger charge is -2.36. The van der Waals surface area contributed by atoms with Crippen molar-refractivity contribution in [3.63, 3.8) is 0 Å². The van der Waals surface area contributed by atoms with Crippen LogP contribution in [0.2, 0.25) is 0 Å². The number of hydrogen-bond acceptors (Lipinski definition) is 5. The summed E-state index contributed by atoms with van der Waals surface area (Å²) in [6, 6.07) is 8.33. The topological polar surface area (TPSA) is 61.4 Å². The second-order valence-corrected chi connectivity index (χ2v) is 7.21. The first-order valence-corrected chi connectivity index (χ1v) is 9.31. The van der Waals surface area contributed by atoms with Gasteiger partial charge in [0.25, 0.3) is 5.91 Å². The molecule has 0 radical (unpaired) electrons. The van der Waals surface area contributed by atoms with Crippen LogP contribution in [0.5, 0.6) is 0 Å². The van der Waals surface area contributed by atoms with E-state index < -0.39 is 0 Å². The quantitative estimate of drug-likeness (QED) is 0.876. The van der Waals surface area contributed by atoms with Crippen LogP contribution in [0, 0.1) is 18.7 Å². The van der Waals surface area contributed by atoms with E-state index >= 15 is 0 Å². The van der Waals surface area contributed by atoms with Gasteiger partial charge in [0.15, 0.2) is 0 Å². The van der Waals surface area contributed by atoms with Crippen LogP contribution in [-0.4, -0.2) is 48.6 Å². The maximum atomic E-state index is 13.1. The summed E-state index contributed by atoms with van der Waals surface area (Å²) in [6.45, 7) is 9.70. The number of aromatic nitrogens is 2. The van der Waals surface area contributed by atoms with Crippen molar-refractivity contribution in [1.82, 2.24) is 15.3 Å². The van der Waals surface area contributed by atoms with Crippen LogP contribution in [0.25, 0.3) is 0 Å². The Bertz CT molecular complexity index is 785. The molecule has 1 saturated heterocycles. The summed E-state index contributed by atoms with van der Waals surface area (Å²) in [5.74, 6) is 1.35. The summed E-state index contributed by atoms with van der Waals surface area (Å²) in [6.07, 6.45) is 0. The third kappa shape index (κ3) is 4.93. The first-order valence-electron chi connectivity index (χ1n) is 9.31. The minimum absolute atomic E-state index is 0.166. The summed E-state index contributed by atoms with van der Waals surface area (Å²) >= 11 is 0.